The van der Waals surface area contributed by atoms with Gasteiger partial charge in [0.1, 0.15) is 0 Å². The molecule has 0 fully saturated rings. The zero-order valence-corrected chi connectivity index (χ0v) is 7.95. The van der Waals surface area contributed by atoms with Gasteiger partial charge in [-0.2, -0.15) is 0 Å². The molecule has 0 unspecified atom stereocenters. The number of benzene rings is 1. The lowest BCUT2D eigenvalue weighted by molar-refractivity contribution is 0.939. The summed E-state index contributed by atoms with van der Waals surface area (Å²) in [5, 5.41) is 0.633. The van der Waals surface area contributed by atoms with Gasteiger partial charge in [-0.1, -0.05) is 29.0 Å². The number of halogens is 1. The molecule has 0 aliphatic rings. The van der Waals surface area contributed by atoms with Crippen LogP contribution in [-0.2, 0) is 7.05 Å². The molecule has 1 aromatic carbocycles. The molecule has 0 amide bonds. The van der Waals surface area contributed by atoms with E-state index in [4.69, 9.17) is 11.6 Å². The third-order valence-corrected chi connectivity index (χ3v) is 3.06. The average Bonchev–Trinajstić information content (AvgIpc) is 2.29. The maximum absolute atomic E-state index is 11.2. The van der Waals surface area contributed by atoms with E-state index in [-0.39, 0.29) is 4.87 Å². The summed E-state index contributed by atoms with van der Waals surface area (Å²) in [6.07, 6.45) is 0. The largest absolute Gasteiger partial charge is 0.307 e. The van der Waals surface area contributed by atoms with Gasteiger partial charge in [-0.15, -0.1) is 0 Å². The van der Waals surface area contributed by atoms with Crippen molar-refractivity contribution in [3.63, 3.8) is 0 Å². The SMILES string of the molecule is Cn1c(=O)sc2cccc(Cl)c21. The Kier molecular flexibility index (Phi) is 1.70. The van der Waals surface area contributed by atoms with Crippen LogP contribution < -0.4 is 4.87 Å². The number of hydrogen-bond donors (Lipinski definition) is 0. The fourth-order valence-corrected chi connectivity index (χ4v) is 2.42. The fraction of sp³-hybridized carbons (Fsp3) is 0.125. The van der Waals surface area contributed by atoms with Crippen molar-refractivity contribution in [2.24, 2.45) is 7.05 Å². The number of aromatic nitrogens is 1. The van der Waals surface area contributed by atoms with Gasteiger partial charge in [0.15, 0.2) is 0 Å². The summed E-state index contributed by atoms with van der Waals surface area (Å²) in [7, 11) is 1.73. The van der Waals surface area contributed by atoms with Crippen LogP contribution in [0, 0.1) is 0 Å². The van der Waals surface area contributed by atoms with Crippen molar-refractivity contribution in [1.29, 1.82) is 0 Å². The Balaban J connectivity index is 3.07. The zero-order chi connectivity index (χ0) is 8.72. The lowest BCUT2D eigenvalue weighted by Crippen LogP contribution is -2.06. The van der Waals surface area contributed by atoms with Crippen molar-refractivity contribution >= 4 is 33.2 Å². The first-order valence-electron chi connectivity index (χ1n) is 3.44. The van der Waals surface area contributed by atoms with Crippen molar-refractivity contribution in [2.75, 3.05) is 0 Å². The Morgan fingerprint density at radius 3 is 2.92 bits per heavy atom. The molecule has 0 N–H and O–H groups in total. The predicted octanol–water partition coefficient (Wildman–Crippen LogP) is 2.25. The van der Waals surface area contributed by atoms with Crippen LogP contribution in [0.25, 0.3) is 10.2 Å². The van der Waals surface area contributed by atoms with Gasteiger partial charge < -0.3 is 4.57 Å². The summed E-state index contributed by atoms with van der Waals surface area (Å²) in [5.74, 6) is 0. The van der Waals surface area contributed by atoms with Crippen LogP contribution in [0.1, 0.15) is 0 Å². The van der Waals surface area contributed by atoms with Crippen molar-refractivity contribution in [1.82, 2.24) is 4.57 Å². The zero-order valence-electron chi connectivity index (χ0n) is 6.37. The molecule has 2 nitrogen and oxygen atoms in total. The molecule has 0 aliphatic carbocycles. The maximum atomic E-state index is 11.2. The van der Waals surface area contributed by atoms with Gasteiger partial charge in [-0.25, -0.2) is 0 Å². The molecule has 0 saturated heterocycles. The molecule has 0 aliphatic heterocycles. The van der Waals surface area contributed by atoms with Crippen molar-refractivity contribution in [2.45, 2.75) is 0 Å². The molecule has 0 radical (unpaired) electrons. The van der Waals surface area contributed by atoms with Crippen molar-refractivity contribution in [3.05, 3.63) is 32.9 Å². The minimum atomic E-state index is 0.0260. The van der Waals surface area contributed by atoms with E-state index in [9.17, 15) is 4.79 Å². The summed E-state index contributed by atoms with van der Waals surface area (Å²) in [4.78, 5) is 11.2. The number of nitrogens with zero attached hydrogens (tertiary/aromatic N) is 1. The lowest BCUT2D eigenvalue weighted by atomic mass is 10.3. The molecule has 1 aromatic heterocycles. The molecule has 2 rings (SSSR count). The first kappa shape index (κ1) is 7.83. The smallest absolute Gasteiger partial charge is 0.300 e. The van der Waals surface area contributed by atoms with E-state index in [0.29, 0.717) is 5.02 Å². The van der Waals surface area contributed by atoms with E-state index >= 15 is 0 Å². The molecule has 62 valence electrons. The van der Waals surface area contributed by atoms with E-state index in [0.717, 1.165) is 10.2 Å². The van der Waals surface area contributed by atoms with E-state index in [1.807, 2.05) is 12.1 Å². The van der Waals surface area contributed by atoms with Crippen molar-refractivity contribution in [3.8, 4) is 0 Å². The van der Waals surface area contributed by atoms with Crippen LogP contribution in [0.3, 0.4) is 0 Å². The highest BCUT2D eigenvalue weighted by atomic mass is 35.5. The molecule has 0 atom stereocenters. The van der Waals surface area contributed by atoms with Crippen LogP contribution in [0.5, 0.6) is 0 Å². The number of rotatable bonds is 0. The van der Waals surface area contributed by atoms with Gasteiger partial charge in [0.05, 0.1) is 15.2 Å². The molecule has 12 heavy (non-hydrogen) atoms. The van der Waals surface area contributed by atoms with Gasteiger partial charge in [0.25, 0.3) is 0 Å². The quantitative estimate of drug-likeness (QED) is 0.638. The number of thiazole rings is 1. The first-order valence-corrected chi connectivity index (χ1v) is 4.63. The van der Waals surface area contributed by atoms with Crippen LogP contribution >= 0.6 is 22.9 Å². The highest BCUT2D eigenvalue weighted by molar-refractivity contribution is 7.16. The fourth-order valence-electron chi connectivity index (χ4n) is 1.16. The van der Waals surface area contributed by atoms with Gasteiger partial charge >= 0.3 is 4.87 Å². The number of aryl methyl sites for hydroxylation is 1. The minimum Gasteiger partial charge on any atom is -0.300 e. The minimum absolute atomic E-state index is 0.0260. The van der Waals surface area contributed by atoms with Crippen LogP contribution in [0.4, 0.5) is 0 Å². The standard InChI is InChI=1S/C8H6ClNOS/c1-10-7-5(9)3-2-4-6(7)12-8(10)11/h2-4H,1H3. The summed E-state index contributed by atoms with van der Waals surface area (Å²) >= 11 is 7.14. The molecule has 4 heteroatoms. The van der Waals surface area contributed by atoms with Crippen LogP contribution in [0.2, 0.25) is 5.02 Å². The molecule has 0 saturated carbocycles. The predicted molar refractivity (Wildman–Crippen MR) is 52.1 cm³/mol. The summed E-state index contributed by atoms with van der Waals surface area (Å²) < 4.78 is 2.51. The third kappa shape index (κ3) is 0.974. The monoisotopic (exact) mass is 199 g/mol. The topological polar surface area (TPSA) is 22.0 Å². The Bertz CT molecular complexity index is 485. The second-order valence-corrected chi connectivity index (χ2v) is 3.91. The van der Waals surface area contributed by atoms with Gasteiger partial charge in [0.2, 0.25) is 0 Å². The van der Waals surface area contributed by atoms with Crippen LogP contribution in [0.15, 0.2) is 23.0 Å². The van der Waals surface area contributed by atoms with Gasteiger partial charge in [-0.3, -0.25) is 4.79 Å². The Hall–Kier alpha value is -0.800. The van der Waals surface area contributed by atoms with E-state index in [1.54, 1.807) is 17.7 Å². The molecular formula is C8H6ClNOS. The van der Waals surface area contributed by atoms with Crippen molar-refractivity contribution < 1.29 is 0 Å². The Morgan fingerprint density at radius 1 is 1.50 bits per heavy atom. The second kappa shape index (κ2) is 2.61. The summed E-state index contributed by atoms with van der Waals surface area (Å²) in [6.45, 7) is 0. The summed E-state index contributed by atoms with van der Waals surface area (Å²) in [6, 6.07) is 5.53. The maximum Gasteiger partial charge on any atom is 0.307 e. The number of para-hydroxylation sites is 1. The number of hydrogen-bond acceptors (Lipinski definition) is 2. The molecule has 1 heterocycles. The molecule has 0 bridgehead atoms. The normalized spacial score (nSPS) is 10.8. The highest BCUT2D eigenvalue weighted by Gasteiger charge is 2.05. The summed E-state index contributed by atoms with van der Waals surface area (Å²) in [5.41, 5.74) is 0.828. The second-order valence-electron chi connectivity index (χ2n) is 2.51. The Morgan fingerprint density at radius 2 is 2.25 bits per heavy atom. The highest BCUT2D eigenvalue weighted by Crippen LogP contribution is 2.23. The average molecular weight is 200 g/mol. The van der Waals surface area contributed by atoms with E-state index < -0.39 is 0 Å². The first-order chi connectivity index (χ1) is 5.70. The number of fused-ring (bicyclic) bond motifs is 1. The third-order valence-electron chi connectivity index (χ3n) is 1.76. The Labute approximate surface area is 78.0 Å². The van der Waals surface area contributed by atoms with Gasteiger partial charge in [0, 0.05) is 7.05 Å². The van der Waals surface area contributed by atoms with E-state index in [2.05, 4.69) is 0 Å². The molecular weight excluding hydrogens is 194 g/mol. The van der Waals surface area contributed by atoms with Gasteiger partial charge in [-0.05, 0) is 12.1 Å². The van der Waals surface area contributed by atoms with Crippen LogP contribution in [-0.4, -0.2) is 4.57 Å². The van der Waals surface area contributed by atoms with E-state index in [1.165, 1.54) is 11.3 Å². The lowest BCUT2D eigenvalue weighted by Gasteiger charge is -1.95. The molecule has 0 spiro atoms. The molecule has 2 aromatic rings.